The van der Waals surface area contributed by atoms with Gasteiger partial charge >= 0.3 is 0 Å². The van der Waals surface area contributed by atoms with E-state index in [1.54, 1.807) is 0 Å². The van der Waals surface area contributed by atoms with Crippen LogP contribution in [0.25, 0.3) is 0 Å². The molecule has 5 nitrogen and oxygen atoms in total. The molecule has 0 spiro atoms. The first-order valence-corrected chi connectivity index (χ1v) is 8.22. The van der Waals surface area contributed by atoms with Crippen molar-refractivity contribution in [3.8, 4) is 0 Å². The Kier molecular flexibility index (Phi) is 6.11. The molecule has 0 radical (unpaired) electrons. The third-order valence-corrected chi connectivity index (χ3v) is 4.64. The van der Waals surface area contributed by atoms with Crippen LogP contribution in [-0.2, 0) is 12.8 Å². The first-order valence-electron chi connectivity index (χ1n) is 8.22. The molecule has 22 heavy (non-hydrogen) atoms. The monoisotopic (exact) mass is 417 g/mol. The molecule has 3 rings (SSSR count). The molecule has 0 amide bonds. The van der Waals surface area contributed by atoms with Crippen LogP contribution in [0.4, 0.5) is 0 Å². The summed E-state index contributed by atoms with van der Waals surface area (Å²) in [6.07, 6.45) is 9.37. The number of guanidine groups is 1. The lowest BCUT2D eigenvalue weighted by atomic mass is 9.93. The van der Waals surface area contributed by atoms with E-state index < -0.39 is 0 Å². The normalized spacial score (nSPS) is 21.8. The van der Waals surface area contributed by atoms with Crippen LogP contribution in [-0.4, -0.2) is 34.9 Å². The number of hydrogen-bond donors (Lipinski definition) is 2. The van der Waals surface area contributed by atoms with Crippen molar-refractivity contribution >= 4 is 29.9 Å². The maximum absolute atomic E-state index is 4.74. The Balaban J connectivity index is 0.00000176. The van der Waals surface area contributed by atoms with Crippen molar-refractivity contribution in [2.75, 3.05) is 7.05 Å². The van der Waals surface area contributed by atoms with Crippen LogP contribution in [0.3, 0.4) is 0 Å². The fourth-order valence-electron chi connectivity index (χ4n) is 3.01. The second-order valence-corrected chi connectivity index (χ2v) is 6.60. The van der Waals surface area contributed by atoms with Crippen LogP contribution in [0.2, 0.25) is 0 Å². The van der Waals surface area contributed by atoms with Gasteiger partial charge in [-0.2, -0.15) is 5.10 Å². The zero-order chi connectivity index (χ0) is 14.8. The van der Waals surface area contributed by atoms with Crippen molar-refractivity contribution in [3.05, 3.63) is 17.5 Å². The first kappa shape index (κ1) is 17.6. The van der Waals surface area contributed by atoms with Gasteiger partial charge in [0.1, 0.15) is 0 Å². The minimum atomic E-state index is 0. The lowest BCUT2D eigenvalue weighted by molar-refractivity contribution is 0.376. The summed E-state index contributed by atoms with van der Waals surface area (Å²) in [7, 11) is 1.86. The summed E-state index contributed by atoms with van der Waals surface area (Å²) in [5.41, 5.74) is 2.68. The lowest BCUT2D eigenvalue weighted by Crippen LogP contribution is -2.50. The van der Waals surface area contributed by atoms with Gasteiger partial charge in [-0.15, -0.1) is 24.0 Å². The van der Waals surface area contributed by atoms with Crippen molar-refractivity contribution in [2.45, 2.75) is 70.5 Å². The molecule has 0 aromatic carbocycles. The Labute approximate surface area is 150 Å². The van der Waals surface area contributed by atoms with E-state index in [2.05, 4.69) is 40.4 Å². The number of aryl methyl sites for hydroxylation is 1. The number of halogens is 1. The standard InChI is InChI=1S/C16H27N5.HI/c1-11(2)21-10-12-7-8-14(9-15(12)20-21)19-16(17-3)18-13-5-4-6-13;/h10-11,13-14H,4-9H2,1-3H3,(H2,17,18,19);1H. The SMILES string of the molecule is CN=C(NC1CCC1)NC1CCc2cn(C(C)C)nc2C1.I. The van der Waals surface area contributed by atoms with E-state index in [4.69, 9.17) is 5.10 Å². The van der Waals surface area contributed by atoms with Crippen molar-refractivity contribution in [1.29, 1.82) is 0 Å². The van der Waals surface area contributed by atoms with Crippen molar-refractivity contribution in [3.63, 3.8) is 0 Å². The predicted molar refractivity (Wildman–Crippen MR) is 101 cm³/mol. The summed E-state index contributed by atoms with van der Waals surface area (Å²) in [6.45, 7) is 4.36. The topological polar surface area (TPSA) is 54.2 Å². The minimum absolute atomic E-state index is 0. The van der Waals surface area contributed by atoms with Crippen LogP contribution in [0.5, 0.6) is 0 Å². The summed E-state index contributed by atoms with van der Waals surface area (Å²) < 4.78 is 2.09. The summed E-state index contributed by atoms with van der Waals surface area (Å²) >= 11 is 0. The van der Waals surface area contributed by atoms with Gasteiger partial charge in [-0.25, -0.2) is 0 Å². The molecule has 1 fully saturated rings. The van der Waals surface area contributed by atoms with E-state index in [0.717, 1.165) is 25.2 Å². The van der Waals surface area contributed by atoms with Crippen molar-refractivity contribution in [1.82, 2.24) is 20.4 Å². The van der Waals surface area contributed by atoms with Gasteiger partial charge < -0.3 is 10.6 Å². The lowest BCUT2D eigenvalue weighted by Gasteiger charge is -2.31. The second kappa shape index (κ2) is 7.66. The molecule has 1 heterocycles. The van der Waals surface area contributed by atoms with Crippen molar-refractivity contribution in [2.24, 2.45) is 4.99 Å². The maximum atomic E-state index is 4.74. The highest BCUT2D eigenvalue weighted by Gasteiger charge is 2.24. The molecule has 6 heteroatoms. The molecule has 2 aliphatic rings. The fraction of sp³-hybridized carbons (Fsp3) is 0.750. The van der Waals surface area contributed by atoms with Crippen LogP contribution in [0.1, 0.15) is 56.8 Å². The average molecular weight is 417 g/mol. The molecule has 124 valence electrons. The smallest absolute Gasteiger partial charge is 0.191 e. The molecule has 0 saturated heterocycles. The summed E-state index contributed by atoms with van der Waals surface area (Å²) in [5, 5.41) is 11.8. The van der Waals surface area contributed by atoms with Gasteiger partial charge in [0.05, 0.1) is 5.69 Å². The van der Waals surface area contributed by atoms with Gasteiger partial charge in [-0.05, 0) is 51.5 Å². The minimum Gasteiger partial charge on any atom is -0.354 e. The van der Waals surface area contributed by atoms with E-state index in [0.29, 0.717) is 18.1 Å². The van der Waals surface area contributed by atoms with E-state index in [1.165, 1.54) is 30.5 Å². The number of hydrogen-bond acceptors (Lipinski definition) is 2. The Morgan fingerprint density at radius 1 is 1.27 bits per heavy atom. The van der Waals surface area contributed by atoms with Gasteiger partial charge in [-0.3, -0.25) is 9.67 Å². The Morgan fingerprint density at radius 3 is 2.59 bits per heavy atom. The number of rotatable bonds is 3. The third-order valence-electron chi connectivity index (χ3n) is 4.64. The number of aromatic nitrogens is 2. The highest BCUT2D eigenvalue weighted by Crippen LogP contribution is 2.22. The third kappa shape index (κ3) is 3.94. The Morgan fingerprint density at radius 2 is 2.00 bits per heavy atom. The van der Waals surface area contributed by atoms with Crippen molar-refractivity contribution < 1.29 is 0 Å². The number of nitrogens with zero attached hydrogens (tertiary/aromatic N) is 3. The number of aliphatic imine (C=N–C) groups is 1. The number of nitrogens with one attached hydrogen (secondary N) is 2. The van der Waals surface area contributed by atoms with Crippen LogP contribution in [0.15, 0.2) is 11.2 Å². The van der Waals surface area contributed by atoms with Crippen LogP contribution >= 0.6 is 24.0 Å². The molecule has 0 aliphatic heterocycles. The molecular weight excluding hydrogens is 389 g/mol. The van der Waals surface area contributed by atoms with Gasteiger partial charge in [-0.1, -0.05) is 0 Å². The molecule has 1 aromatic heterocycles. The zero-order valence-electron chi connectivity index (χ0n) is 13.8. The summed E-state index contributed by atoms with van der Waals surface area (Å²) in [6, 6.07) is 1.50. The van der Waals surface area contributed by atoms with E-state index >= 15 is 0 Å². The fourth-order valence-corrected chi connectivity index (χ4v) is 3.01. The largest absolute Gasteiger partial charge is 0.354 e. The number of fused-ring (bicyclic) bond motifs is 1. The highest BCUT2D eigenvalue weighted by atomic mass is 127. The Bertz CT molecular complexity index is 519. The molecule has 1 unspecified atom stereocenters. The van der Waals surface area contributed by atoms with E-state index in [9.17, 15) is 0 Å². The second-order valence-electron chi connectivity index (χ2n) is 6.60. The first-order chi connectivity index (χ1) is 10.2. The predicted octanol–water partition coefficient (Wildman–Crippen LogP) is 2.66. The van der Waals surface area contributed by atoms with E-state index in [1.807, 2.05) is 7.05 Å². The van der Waals surface area contributed by atoms with Gasteiger partial charge in [0.2, 0.25) is 0 Å². The summed E-state index contributed by atoms with van der Waals surface area (Å²) in [5.74, 6) is 0.955. The molecule has 0 bridgehead atoms. The van der Waals surface area contributed by atoms with Crippen LogP contribution < -0.4 is 10.6 Å². The average Bonchev–Trinajstić information content (AvgIpc) is 2.84. The Hall–Kier alpha value is -0.790. The molecule has 2 aliphatic carbocycles. The quantitative estimate of drug-likeness (QED) is 0.452. The van der Waals surface area contributed by atoms with Gasteiger partial charge in [0, 0.05) is 37.8 Å². The zero-order valence-corrected chi connectivity index (χ0v) is 16.1. The van der Waals surface area contributed by atoms with Gasteiger partial charge in [0.15, 0.2) is 5.96 Å². The van der Waals surface area contributed by atoms with Crippen LogP contribution in [0, 0.1) is 0 Å². The van der Waals surface area contributed by atoms with Gasteiger partial charge in [0.25, 0.3) is 0 Å². The molecular formula is C16H28IN5. The molecule has 2 N–H and O–H groups in total. The molecule has 1 atom stereocenters. The molecule has 1 saturated carbocycles. The molecule has 1 aromatic rings. The highest BCUT2D eigenvalue weighted by molar-refractivity contribution is 14.0. The van der Waals surface area contributed by atoms with E-state index in [-0.39, 0.29) is 24.0 Å². The maximum Gasteiger partial charge on any atom is 0.191 e. The summed E-state index contributed by atoms with van der Waals surface area (Å²) in [4.78, 5) is 4.36.